The van der Waals surface area contributed by atoms with Crippen molar-refractivity contribution >= 4 is 11.9 Å². The smallest absolute Gasteiger partial charge is 0.330 e. The van der Waals surface area contributed by atoms with Crippen LogP contribution < -0.4 is 11.2 Å². The Bertz CT molecular complexity index is 2000. The van der Waals surface area contributed by atoms with Gasteiger partial charge in [-0.05, 0) is 110 Å². The molecule has 66 heavy (non-hydrogen) atoms. The van der Waals surface area contributed by atoms with Crippen molar-refractivity contribution in [2.75, 3.05) is 6.61 Å². The van der Waals surface area contributed by atoms with Crippen molar-refractivity contribution in [2.24, 2.45) is 50.2 Å². The SMILES string of the molecule is CCCCCCCCCCCCCCCC(=O)O[C@H]1CC[C@@]2(C)C(CC[C@]3(C)[C@@H]2CC=C2[C@@H]4CC(C)(C)CC[C@]4(C(=O)OC[C@H]4O[C@@H](n5ccc(=O)[nH]c5=O)[C@H](O)[C@@H]4O)CC[C@]23C)C1(C)C. The molecule has 1 aliphatic heterocycles. The van der Waals surface area contributed by atoms with Gasteiger partial charge in [-0.1, -0.05) is 144 Å². The molecule has 5 fully saturated rings. The number of carbonyl (C=O) groups excluding carboxylic acids is 2. The Labute approximate surface area is 396 Å². The predicted molar refractivity (Wildman–Crippen MR) is 257 cm³/mol. The molecule has 12 atom stereocenters. The normalized spacial score (nSPS) is 37.7. The van der Waals surface area contributed by atoms with E-state index >= 15 is 0 Å². The number of aromatic amines is 1. The summed E-state index contributed by atoms with van der Waals surface area (Å²) in [6.07, 6.45) is 25.1. The van der Waals surface area contributed by atoms with Crippen molar-refractivity contribution in [3.8, 4) is 0 Å². The average Bonchev–Trinajstić information content (AvgIpc) is 3.54. The zero-order valence-electron chi connectivity index (χ0n) is 42.2. The lowest BCUT2D eigenvalue weighted by molar-refractivity contribution is -0.214. The Morgan fingerprint density at radius 2 is 1.42 bits per heavy atom. The first-order chi connectivity index (χ1) is 31.2. The van der Waals surface area contributed by atoms with Crippen molar-refractivity contribution in [1.82, 2.24) is 9.55 Å². The molecule has 0 aromatic carbocycles. The maximum atomic E-state index is 14.7. The van der Waals surface area contributed by atoms with Crippen molar-refractivity contribution in [3.05, 3.63) is 44.8 Å². The Kier molecular flexibility index (Phi) is 15.7. The average molecular weight is 921 g/mol. The second-order valence-corrected chi connectivity index (χ2v) is 24.4. The second-order valence-electron chi connectivity index (χ2n) is 24.4. The molecule has 6 aliphatic rings. The number of hydrogen-bond donors (Lipinski definition) is 3. The van der Waals surface area contributed by atoms with Crippen molar-refractivity contribution in [3.63, 3.8) is 0 Å². The number of aromatic nitrogens is 2. The summed E-state index contributed by atoms with van der Waals surface area (Å²) in [5.41, 5.74) is -0.690. The summed E-state index contributed by atoms with van der Waals surface area (Å²) >= 11 is 0. The third kappa shape index (κ3) is 9.72. The first kappa shape index (κ1) is 51.1. The number of esters is 2. The van der Waals surface area contributed by atoms with Crippen molar-refractivity contribution in [1.29, 1.82) is 0 Å². The molecule has 1 aromatic rings. The summed E-state index contributed by atoms with van der Waals surface area (Å²) in [7, 11) is 0. The zero-order chi connectivity index (χ0) is 47.7. The van der Waals surface area contributed by atoms with Crippen LogP contribution in [-0.4, -0.2) is 62.7 Å². The summed E-state index contributed by atoms with van der Waals surface area (Å²) in [6, 6.07) is 1.15. The second kappa shape index (κ2) is 20.3. The van der Waals surface area contributed by atoms with Gasteiger partial charge in [0.15, 0.2) is 6.23 Å². The standard InChI is InChI=1S/C55H88N2O9/c1-9-10-11-12-13-14-15-16-17-18-19-20-21-22-44(59)66-42-26-28-52(6)40(51(42,4)5)25-29-54(8)41(52)24-23-37-38-35-50(2,3)30-32-55(38,33-31-53(37,54)7)48(62)64-36-39-45(60)46(61)47(65-39)57-34-27-43(58)56-49(57)63/h23,27,34,38-42,45-47,60-61H,9-22,24-26,28-33,35-36H2,1-8H3,(H,56,58,63)/t38-,39+,40?,41+,42-,45+,46+,47+,52-,53+,54+,55-/m0/s1. The highest BCUT2D eigenvalue weighted by molar-refractivity contribution is 5.79. The van der Waals surface area contributed by atoms with E-state index in [4.69, 9.17) is 14.2 Å². The quantitative estimate of drug-likeness (QED) is 0.0698. The number of H-pyrrole nitrogens is 1. The fraction of sp³-hybridized carbons (Fsp3) is 0.855. The van der Waals surface area contributed by atoms with Gasteiger partial charge in [-0.3, -0.25) is 23.9 Å². The van der Waals surface area contributed by atoms with E-state index < -0.39 is 41.2 Å². The molecule has 2 heterocycles. The van der Waals surface area contributed by atoms with Gasteiger partial charge in [-0.15, -0.1) is 0 Å². The summed E-state index contributed by atoms with van der Waals surface area (Å²) in [5, 5.41) is 21.9. The van der Waals surface area contributed by atoms with Crippen LogP contribution >= 0.6 is 0 Å². The number of nitrogens with one attached hydrogen (secondary N) is 1. The first-order valence-electron chi connectivity index (χ1n) is 26.6. The van der Waals surface area contributed by atoms with Crippen LogP contribution in [0.4, 0.5) is 0 Å². The number of rotatable bonds is 19. The number of aliphatic hydroxyl groups excluding tert-OH is 2. The summed E-state index contributed by atoms with van der Waals surface area (Å²) < 4.78 is 19.6. The van der Waals surface area contributed by atoms with Crippen LogP contribution in [0.2, 0.25) is 0 Å². The van der Waals surface area contributed by atoms with Crippen LogP contribution in [0, 0.1) is 50.2 Å². The Morgan fingerprint density at radius 3 is 2.08 bits per heavy atom. The van der Waals surface area contributed by atoms with Crippen molar-refractivity contribution in [2.45, 2.75) is 240 Å². The Hall–Kier alpha value is -2.76. The highest BCUT2D eigenvalue weighted by atomic mass is 16.6. The van der Waals surface area contributed by atoms with E-state index in [9.17, 15) is 29.4 Å². The molecular weight excluding hydrogens is 833 g/mol. The first-order valence-corrected chi connectivity index (χ1v) is 26.6. The van der Waals surface area contributed by atoms with Crippen LogP contribution in [0.15, 0.2) is 33.5 Å². The molecule has 0 spiro atoms. The van der Waals surface area contributed by atoms with Gasteiger partial charge in [-0.2, -0.15) is 0 Å². The highest BCUT2D eigenvalue weighted by Gasteiger charge is 2.69. The van der Waals surface area contributed by atoms with Gasteiger partial charge in [0, 0.05) is 24.1 Å². The number of ether oxygens (including phenoxy) is 3. The number of allylic oxidation sites excluding steroid dienone is 2. The lowest BCUT2D eigenvalue weighted by atomic mass is 9.33. The molecule has 11 nitrogen and oxygen atoms in total. The molecule has 3 N–H and O–H groups in total. The summed E-state index contributed by atoms with van der Waals surface area (Å²) in [5.74, 6) is 0.627. The third-order valence-electron chi connectivity index (χ3n) is 19.6. The summed E-state index contributed by atoms with van der Waals surface area (Å²) in [4.78, 5) is 54.4. The zero-order valence-corrected chi connectivity index (χ0v) is 42.2. The van der Waals surface area contributed by atoms with E-state index in [-0.39, 0.29) is 57.6 Å². The Balaban J connectivity index is 0.970. The minimum Gasteiger partial charge on any atom is -0.462 e. The van der Waals surface area contributed by atoms with Crippen LogP contribution in [0.5, 0.6) is 0 Å². The minimum atomic E-state index is -1.46. The number of nitrogens with zero attached hydrogens (tertiary/aromatic N) is 1. The molecule has 1 unspecified atom stereocenters. The molecule has 5 aliphatic carbocycles. The van der Waals surface area contributed by atoms with Gasteiger partial charge < -0.3 is 24.4 Å². The van der Waals surface area contributed by atoms with Gasteiger partial charge in [-0.25, -0.2) is 4.79 Å². The van der Waals surface area contributed by atoms with E-state index in [2.05, 4.69) is 66.4 Å². The maximum Gasteiger partial charge on any atom is 0.330 e. The van der Waals surface area contributed by atoms with Crippen LogP contribution in [0.3, 0.4) is 0 Å². The fourth-order valence-electron chi connectivity index (χ4n) is 15.3. The number of aliphatic hydroxyl groups is 2. The molecule has 372 valence electrons. The van der Waals surface area contributed by atoms with Crippen LogP contribution in [0.1, 0.15) is 216 Å². The van der Waals surface area contributed by atoms with Gasteiger partial charge in [0.05, 0.1) is 5.41 Å². The number of carbonyl (C=O) groups is 2. The maximum absolute atomic E-state index is 14.7. The van der Waals surface area contributed by atoms with Gasteiger partial charge in [0.25, 0.3) is 5.56 Å². The molecule has 7 rings (SSSR count). The molecule has 0 amide bonds. The van der Waals surface area contributed by atoms with E-state index in [1.54, 1.807) is 0 Å². The molecule has 1 saturated heterocycles. The topological polar surface area (TPSA) is 157 Å². The lowest BCUT2D eigenvalue weighted by Crippen LogP contribution is -2.65. The monoisotopic (exact) mass is 921 g/mol. The molecule has 0 bridgehead atoms. The number of hydrogen-bond acceptors (Lipinski definition) is 9. The molecule has 0 radical (unpaired) electrons. The minimum absolute atomic E-state index is 0.0183. The number of unbranched alkanes of at least 4 members (excludes halogenated alkanes) is 12. The molecular formula is C55H88N2O9. The van der Waals surface area contributed by atoms with Gasteiger partial charge in [0.2, 0.25) is 0 Å². The van der Waals surface area contributed by atoms with Gasteiger partial charge >= 0.3 is 17.6 Å². The molecule has 4 saturated carbocycles. The number of fused-ring (bicyclic) bond motifs is 7. The summed E-state index contributed by atoms with van der Waals surface area (Å²) in [6.45, 7) is 19.0. The molecule has 11 heteroatoms. The van der Waals surface area contributed by atoms with E-state index in [0.29, 0.717) is 18.3 Å². The van der Waals surface area contributed by atoms with E-state index in [1.165, 1.54) is 82.4 Å². The van der Waals surface area contributed by atoms with E-state index in [1.807, 2.05) is 0 Å². The Morgan fingerprint density at radius 1 is 0.788 bits per heavy atom. The predicted octanol–water partition coefficient (Wildman–Crippen LogP) is 10.9. The largest absolute Gasteiger partial charge is 0.462 e. The third-order valence-corrected chi connectivity index (χ3v) is 19.6. The lowest BCUT2D eigenvalue weighted by Gasteiger charge is -2.71. The molecule has 1 aromatic heterocycles. The van der Waals surface area contributed by atoms with Crippen LogP contribution in [0.25, 0.3) is 0 Å². The van der Waals surface area contributed by atoms with Crippen molar-refractivity contribution < 1.29 is 34.0 Å². The highest BCUT2D eigenvalue weighted by Crippen LogP contribution is 2.76. The van der Waals surface area contributed by atoms with E-state index in [0.717, 1.165) is 87.7 Å². The van der Waals surface area contributed by atoms with Gasteiger partial charge in [0.1, 0.15) is 31.0 Å². The van der Waals surface area contributed by atoms with Crippen LogP contribution in [-0.2, 0) is 23.8 Å². The fourth-order valence-corrected chi connectivity index (χ4v) is 15.3.